The molecule has 0 spiro atoms. The molecule has 2 aliphatic heterocycles. The van der Waals surface area contributed by atoms with E-state index in [0.29, 0.717) is 0 Å². The minimum absolute atomic E-state index is 0.0387. The number of amides is 2. The van der Waals surface area contributed by atoms with Gasteiger partial charge in [-0.1, -0.05) is 30.3 Å². The van der Waals surface area contributed by atoms with Gasteiger partial charge in [0.1, 0.15) is 6.54 Å². The Labute approximate surface area is 159 Å². The molecule has 4 rings (SSSR count). The van der Waals surface area contributed by atoms with Crippen LogP contribution in [0.3, 0.4) is 0 Å². The van der Waals surface area contributed by atoms with E-state index in [2.05, 4.69) is 17.2 Å². The molecule has 0 aliphatic carbocycles. The number of rotatable bonds is 3. The van der Waals surface area contributed by atoms with Crippen LogP contribution in [0, 0.1) is 0 Å². The summed E-state index contributed by atoms with van der Waals surface area (Å²) in [4.78, 5) is 29.6. The largest absolute Gasteiger partial charge is 0.336 e. The summed E-state index contributed by atoms with van der Waals surface area (Å²) in [6.45, 7) is 2.67. The summed E-state index contributed by atoms with van der Waals surface area (Å²) in [5.41, 5.74) is 1.15. The highest BCUT2D eigenvalue weighted by Crippen LogP contribution is 2.42. The molecule has 142 valence electrons. The molecule has 3 atom stereocenters. The number of hydrogen-bond acceptors (Lipinski definition) is 3. The maximum absolute atomic E-state index is 13.0. The minimum Gasteiger partial charge on any atom is -0.336 e. The van der Waals surface area contributed by atoms with Gasteiger partial charge in [0.2, 0.25) is 11.8 Å². The van der Waals surface area contributed by atoms with Crippen LogP contribution >= 0.6 is 0 Å². The number of carbonyl (C=O) groups is 2. The molecular weight excluding hydrogens is 340 g/mol. The van der Waals surface area contributed by atoms with Crippen molar-refractivity contribution in [2.45, 2.75) is 57.3 Å². The second kappa shape index (κ2) is 7.55. The van der Waals surface area contributed by atoms with Crippen molar-refractivity contribution in [3.8, 4) is 0 Å². The van der Waals surface area contributed by atoms with Crippen LogP contribution in [0.15, 0.2) is 48.8 Å². The normalized spacial score (nSPS) is 25.1. The van der Waals surface area contributed by atoms with Crippen LogP contribution in [0.5, 0.6) is 0 Å². The van der Waals surface area contributed by atoms with Gasteiger partial charge in [-0.2, -0.15) is 5.10 Å². The van der Waals surface area contributed by atoms with E-state index in [9.17, 15) is 9.59 Å². The highest BCUT2D eigenvalue weighted by molar-refractivity contribution is 5.78. The molecule has 3 heterocycles. The van der Waals surface area contributed by atoms with Gasteiger partial charge >= 0.3 is 0 Å². The van der Waals surface area contributed by atoms with Gasteiger partial charge in [0.05, 0.1) is 18.1 Å². The Kier molecular flexibility index (Phi) is 4.97. The fourth-order valence-corrected chi connectivity index (χ4v) is 4.74. The number of likely N-dealkylation sites (tertiary alicyclic amines) is 2. The zero-order valence-corrected chi connectivity index (χ0v) is 15.7. The van der Waals surface area contributed by atoms with Crippen molar-refractivity contribution < 1.29 is 9.59 Å². The van der Waals surface area contributed by atoms with E-state index in [4.69, 9.17) is 0 Å². The predicted molar refractivity (Wildman–Crippen MR) is 102 cm³/mol. The molecule has 0 saturated carbocycles. The van der Waals surface area contributed by atoms with Crippen molar-refractivity contribution in [3.05, 3.63) is 54.4 Å². The monoisotopic (exact) mass is 366 g/mol. The summed E-state index contributed by atoms with van der Waals surface area (Å²) in [5.74, 6) is 0.186. The van der Waals surface area contributed by atoms with Crippen LogP contribution in [0.2, 0.25) is 0 Å². The van der Waals surface area contributed by atoms with Gasteiger partial charge in [-0.3, -0.25) is 14.3 Å². The van der Waals surface area contributed by atoms with E-state index in [1.165, 1.54) is 0 Å². The molecule has 1 aromatic carbocycles. The van der Waals surface area contributed by atoms with E-state index in [0.717, 1.165) is 37.8 Å². The lowest BCUT2D eigenvalue weighted by molar-refractivity contribution is -0.137. The maximum Gasteiger partial charge on any atom is 0.244 e. The minimum atomic E-state index is 0.0387. The van der Waals surface area contributed by atoms with Crippen molar-refractivity contribution in [1.82, 2.24) is 19.6 Å². The maximum atomic E-state index is 13.0. The van der Waals surface area contributed by atoms with Gasteiger partial charge in [-0.15, -0.1) is 0 Å². The SMILES string of the molecule is CC(=O)N1[C@H](c2ccccc2)C[C@@H]2[C@@H]1CCCCN2C(=O)Cn1cccn1. The number of benzene rings is 1. The predicted octanol–water partition coefficient (Wildman–Crippen LogP) is 2.63. The Balaban J connectivity index is 1.62. The second-order valence-corrected chi connectivity index (χ2v) is 7.51. The van der Waals surface area contributed by atoms with Gasteiger partial charge in [0.25, 0.3) is 0 Å². The number of fused-ring (bicyclic) bond motifs is 1. The van der Waals surface area contributed by atoms with Gasteiger partial charge in [0.15, 0.2) is 0 Å². The summed E-state index contributed by atoms with van der Waals surface area (Å²) in [7, 11) is 0. The smallest absolute Gasteiger partial charge is 0.244 e. The number of aromatic nitrogens is 2. The van der Waals surface area contributed by atoms with E-state index in [1.54, 1.807) is 17.8 Å². The van der Waals surface area contributed by atoms with E-state index < -0.39 is 0 Å². The molecular formula is C21H26N4O2. The van der Waals surface area contributed by atoms with Gasteiger partial charge in [-0.05, 0) is 37.3 Å². The summed E-state index contributed by atoms with van der Waals surface area (Å²) in [6.07, 6.45) is 7.29. The van der Waals surface area contributed by atoms with E-state index in [1.807, 2.05) is 40.3 Å². The number of hydrogen-bond donors (Lipinski definition) is 0. The molecule has 2 aromatic rings. The Morgan fingerprint density at radius 2 is 1.93 bits per heavy atom. The van der Waals surface area contributed by atoms with Crippen LogP contribution in [0.1, 0.15) is 44.2 Å². The molecule has 0 unspecified atom stereocenters. The molecule has 0 bridgehead atoms. The summed E-state index contributed by atoms with van der Waals surface area (Å²) in [6, 6.07) is 12.2. The molecule has 0 radical (unpaired) electrons. The zero-order chi connectivity index (χ0) is 18.8. The lowest BCUT2D eigenvalue weighted by Crippen LogP contribution is -2.48. The lowest BCUT2D eigenvalue weighted by Gasteiger charge is -2.33. The summed E-state index contributed by atoms with van der Waals surface area (Å²) in [5, 5.41) is 4.17. The first-order valence-corrected chi connectivity index (χ1v) is 9.76. The van der Waals surface area contributed by atoms with Gasteiger partial charge in [-0.25, -0.2) is 0 Å². The van der Waals surface area contributed by atoms with Crippen molar-refractivity contribution in [3.63, 3.8) is 0 Å². The van der Waals surface area contributed by atoms with Crippen molar-refractivity contribution in [2.75, 3.05) is 6.54 Å². The second-order valence-electron chi connectivity index (χ2n) is 7.51. The molecule has 0 N–H and O–H groups in total. The molecule has 6 heteroatoms. The summed E-state index contributed by atoms with van der Waals surface area (Å²) < 4.78 is 1.68. The van der Waals surface area contributed by atoms with Gasteiger partial charge < -0.3 is 9.80 Å². The quantitative estimate of drug-likeness (QED) is 0.839. The van der Waals surface area contributed by atoms with Crippen LogP contribution in [0.25, 0.3) is 0 Å². The van der Waals surface area contributed by atoms with Gasteiger partial charge in [0, 0.05) is 25.9 Å². The number of nitrogens with zero attached hydrogens (tertiary/aromatic N) is 4. The topological polar surface area (TPSA) is 58.4 Å². The van der Waals surface area contributed by atoms with Crippen LogP contribution < -0.4 is 0 Å². The van der Waals surface area contributed by atoms with Crippen LogP contribution in [0.4, 0.5) is 0 Å². The first-order valence-electron chi connectivity index (χ1n) is 9.76. The Morgan fingerprint density at radius 3 is 2.63 bits per heavy atom. The fraction of sp³-hybridized carbons (Fsp3) is 0.476. The van der Waals surface area contributed by atoms with E-state index in [-0.39, 0.29) is 36.5 Å². The lowest BCUT2D eigenvalue weighted by atomic mass is 10.0. The molecule has 1 aromatic heterocycles. The third-order valence-corrected chi connectivity index (χ3v) is 5.88. The number of carbonyl (C=O) groups excluding carboxylic acids is 2. The van der Waals surface area contributed by atoms with Crippen molar-refractivity contribution >= 4 is 11.8 Å². The van der Waals surface area contributed by atoms with Crippen LogP contribution in [-0.4, -0.2) is 50.0 Å². The first kappa shape index (κ1) is 17.8. The molecule has 2 aliphatic rings. The standard InChI is InChI=1S/C21H26N4O2/c1-16(26)25-18-10-5-6-13-24(21(27)15-23-12-7-11-22-23)20(18)14-19(25)17-8-3-2-4-9-17/h2-4,7-9,11-12,18-20H,5-6,10,13-15H2,1H3/t18-,19-,20+/m0/s1. The highest BCUT2D eigenvalue weighted by atomic mass is 16.2. The first-order chi connectivity index (χ1) is 13.1. The molecule has 2 fully saturated rings. The Bertz CT molecular complexity index is 790. The average molecular weight is 366 g/mol. The van der Waals surface area contributed by atoms with E-state index >= 15 is 0 Å². The van der Waals surface area contributed by atoms with Crippen molar-refractivity contribution in [2.24, 2.45) is 0 Å². The zero-order valence-electron chi connectivity index (χ0n) is 15.7. The van der Waals surface area contributed by atoms with Crippen molar-refractivity contribution in [1.29, 1.82) is 0 Å². The Hall–Kier alpha value is -2.63. The highest BCUT2D eigenvalue weighted by Gasteiger charge is 2.47. The Morgan fingerprint density at radius 1 is 1.11 bits per heavy atom. The molecule has 6 nitrogen and oxygen atoms in total. The molecule has 27 heavy (non-hydrogen) atoms. The summed E-state index contributed by atoms with van der Waals surface area (Å²) >= 11 is 0. The molecule has 2 saturated heterocycles. The molecule has 2 amide bonds. The third-order valence-electron chi connectivity index (χ3n) is 5.88. The third kappa shape index (κ3) is 3.48. The van der Waals surface area contributed by atoms with Crippen LogP contribution in [-0.2, 0) is 16.1 Å². The fourth-order valence-electron chi connectivity index (χ4n) is 4.74. The average Bonchev–Trinajstić information content (AvgIpc) is 3.26.